The summed E-state index contributed by atoms with van der Waals surface area (Å²) in [7, 11) is 0. The predicted octanol–water partition coefficient (Wildman–Crippen LogP) is 2.54. The molecule has 1 fully saturated rings. The van der Waals surface area contributed by atoms with Crippen molar-refractivity contribution in [3.63, 3.8) is 0 Å². The summed E-state index contributed by atoms with van der Waals surface area (Å²) in [6.07, 6.45) is 6.08. The minimum atomic E-state index is 0.766. The molecule has 3 nitrogen and oxygen atoms in total. The summed E-state index contributed by atoms with van der Waals surface area (Å²) >= 11 is 1.87. The molecule has 1 aromatic rings. The molecule has 1 heterocycles. The summed E-state index contributed by atoms with van der Waals surface area (Å²) < 4.78 is 5.27. The summed E-state index contributed by atoms with van der Waals surface area (Å²) in [5, 5.41) is 4.71. The lowest BCUT2D eigenvalue weighted by atomic mass is 9.86. The molecule has 2 rings (SSSR count). The quantitative estimate of drug-likeness (QED) is 0.744. The first-order valence-electron chi connectivity index (χ1n) is 6.13. The predicted molar refractivity (Wildman–Crippen MR) is 66.9 cm³/mol. The van der Waals surface area contributed by atoms with Crippen molar-refractivity contribution in [3.05, 3.63) is 16.1 Å². The van der Waals surface area contributed by atoms with E-state index in [0.29, 0.717) is 0 Å². The molecule has 90 valence electrons. The average molecular weight is 240 g/mol. The molecule has 0 unspecified atom stereocenters. The van der Waals surface area contributed by atoms with Crippen LogP contribution in [0, 0.1) is 0 Å². The smallest absolute Gasteiger partial charge is 0.0959 e. The van der Waals surface area contributed by atoms with Crippen molar-refractivity contribution in [2.24, 2.45) is 0 Å². The molecule has 0 aromatic carbocycles. The highest BCUT2D eigenvalue weighted by Crippen LogP contribution is 2.38. The molecule has 1 aromatic heterocycles. The maximum atomic E-state index is 5.27. The minimum absolute atomic E-state index is 0.766. The molecule has 0 aliphatic heterocycles. The minimum Gasteiger partial charge on any atom is -0.380 e. The number of hydrogen-bond acceptors (Lipinski definition) is 4. The molecular formula is C12H20N2OS. The standard InChI is InChI=1S/C12H20N2OS/c1-2-15-7-6-13-8-11-9-14-12(16-11)10-4-3-5-10/h9-10,13H,2-8H2,1H3. The SMILES string of the molecule is CCOCCNCc1cnc(C2CCC2)s1. The van der Waals surface area contributed by atoms with E-state index in [2.05, 4.69) is 10.3 Å². The molecule has 0 bridgehead atoms. The third-order valence-corrected chi connectivity index (χ3v) is 4.11. The van der Waals surface area contributed by atoms with E-state index in [1.807, 2.05) is 24.5 Å². The van der Waals surface area contributed by atoms with Crippen molar-refractivity contribution >= 4 is 11.3 Å². The van der Waals surface area contributed by atoms with Crippen LogP contribution in [0.5, 0.6) is 0 Å². The first-order chi connectivity index (χ1) is 7.90. The molecule has 1 aliphatic carbocycles. The fraction of sp³-hybridized carbons (Fsp3) is 0.750. The van der Waals surface area contributed by atoms with Gasteiger partial charge in [0.25, 0.3) is 0 Å². The zero-order valence-electron chi connectivity index (χ0n) is 9.87. The van der Waals surface area contributed by atoms with Crippen LogP contribution in [-0.2, 0) is 11.3 Å². The van der Waals surface area contributed by atoms with Crippen molar-refractivity contribution in [1.82, 2.24) is 10.3 Å². The second-order valence-electron chi connectivity index (χ2n) is 4.17. The van der Waals surface area contributed by atoms with Crippen LogP contribution in [0.25, 0.3) is 0 Å². The van der Waals surface area contributed by atoms with Gasteiger partial charge in [0.05, 0.1) is 11.6 Å². The lowest BCUT2D eigenvalue weighted by Gasteiger charge is -2.22. The first kappa shape index (κ1) is 12.0. The lowest BCUT2D eigenvalue weighted by Crippen LogP contribution is -2.18. The first-order valence-corrected chi connectivity index (χ1v) is 6.95. The van der Waals surface area contributed by atoms with Crippen molar-refractivity contribution in [2.75, 3.05) is 19.8 Å². The van der Waals surface area contributed by atoms with E-state index in [9.17, 15) is 0 Å². The summed E-state index contributed by atoms with van der Waals surface area (Å²) in [5.74, 6) is 0.766. The van der Waals surface area contributed by atoms with E-state index in [0.717, 1.165) is 32.2 Å². The van der Waals surface area contributed by atoms with E-state index < -0.39 is 0 Å². The molecule has 1 N–H and O–H groups in total. The molecule has 4 heteroatoms. The topological polar surface area (TPSA) is 34.1 Å². The molecule has 0 spiro atoms. The molecule has 16 heavy (non-hydrogen) atoms. The Bertz CT molecular complexity index is 310. The van der Waals surface area contributed by atoms with E-state index >= 15 is 0 Å². The Morgan fingerprint density at radius 2 is 2.44 bits per heavy atom. The molecule has 0 amide bonds. The summed E-state index contributed by atoms with van der Waals surface area (Å²) in [6, 6.07) is 0. The zero-order valence-corrected chi connectivity index (χ0v) is 10.7. The van der Waals surface area contributed by atoms with Gasteiger partial charge in [-0.05, 0) is 19.8 Å². The second kappa shape index (κ2) is 6.33. The maximum absolute atomic E-state index is 5.27. The molecule has 1 saturated carbocycles. The highest BCUT2D eigenvalue weighted by atomic mass is 32.1. The van der Waals surface area contributed by atoms with E-state index in [-0.39, 0.29) is 0 Å². The number of thiazole rings is 1. The molecule has 0 saturated heterocycles. The van der Waals surface area contributed by atoms with E-state index in [1.165, 1.54) is 29.1 Å². The summed E-state index contributed by atoms with van der Waals surface area (Å²) in [6.45, 7) is 5.47. The fourth-order valence-electron chi connectivity index (χ4n) is 1.75. The number of aromatic nitrogens is 1. The Morgan fingerprint density at radius 1 is 1.56 bits per heavy atom. The second-order valence-corrected chi connectivity index (χ2v) is 5.31. The third kappa shape index (κ3) is 3.27. The molecule has 0 radical (unpaired) electrons. The van der Waals surface area contributed by atoms with Gasteiger partial charge in [0.2, 0.25) is 0 Å². The number of nitrogens with one attached hydrogen (secondary N) is 1. The highest BCUT2D eigenvalue weighted by Gasteiger charge is 2.22. The van der Waals surface area contributed by atoms with Gasteiger partial charge in [0, 0.05) is 36.7 Å². The number of nitrogens with zero attached hydrogens (tertiary/aromatic N) is 1. The maximum Gasteiger partial charge on any atom is 0.0959 e. The normalized spacial score (nSPS) is 16.3. The zero-order chi connectivity index (χ0) is 11.2. The summed E-state index contributed by atoms with van der Waals surface area (Å²) in [5.41, 5.74) is 0. The van der Waals surface area contributed by atoms with E-state index in [1.54, 1.807) is 0 Å². The Balaban J connectivity index is 1.66. The van der Waals surface area contributed by atoms with Gasteiger partial charge in [-0.2, -0.15) is 0 Å². The lowest BCUT2D eigenvalue weighted by molar-refractivity contribution is 0.149. The van der Waals surface area contributed by atoms with Crippen LogP contribution in [0.2, 0.25) is 0 Å². The van der Waals surface area contributed by atoms with Gasteiger partial charge in [-0.15, -0.1) is 11.3 Å². The summed E-state index contributed by atoms with van der Waals surface area (Å²) in [4.78, 5) is 5.85. The Labute approximate surface area is 101 Å². The molecule has 1 aliphatic rings. The van der Waals surface area contributed by atoms with Crippen molar-refractivity contribution < 1.29 is 4.74 Å². The van der Waals surface area contributed by atoms with Crippen LogP contribution in [0.3, 0.4) is 0 Å². The van der Waals surface area contributed by atoms with Crippen LogP contribution in [0.1, 0.15) is 42.0 Å². The van der Waals surface area contributed by atoms with Gasteiger partial charge in [-0.25, -0.2) is 4.98 Å². The number of ether oxygens (including phenoxy) is 1. The highest BCUT2D eigenvalue weighted by molar-refractivity contribution is 7.11. The Hall–Kier alpha value is -0.450. The van der Waals surface area contributed by atoms with Gasteiger partial charge in [-0.3, -0.25) is 0 Å². The Morgan fingerprint density at radius 3 is 3.12 bits per heavy atom. The third-order valence-electron chi connectivity index (χ3n) is 2.95. The van der Waals surface area contributed by atoms with Crippen LogP contribution >= 0.6 is 11.3 Å². The monoisotopic (exact) mass is 240 g/mol. The van der Waals surface area contributed by atoms with Gasteiger partial charge in [0.15, 0.2) is 0 Å². The van der Waals surface area contributed by atoms with Crippen LogP contribution in [-0.4, -0.2) is 24.7 Å². The number of rotatable bonds is 7. The van der Waals surface area contributed by atoms with Gasteiger partial charge in [-0.1, -0.05) is 6.42 Å². The van der Waals surface area contributed by atoms with Gasteiger partial charge in [0.1, 0.15) is 0 Å². The van der Waals surface area contributed by atoms with Crippen molar-refractivity contribution in [2.45, 2.75) is 38.6 Å². The van der Waals surface area contributed by atoms with Crippen LogP contribution < -0.4 is 5.32 Å². The van der Waals surface area contributed by atoms with Crippen LogP contribution in [0.15, 0.2) is 6.20 Å². The Kier molecular flexibility index (Phi) is 4.75. The van der Waals surface area contributed by atoms with E-state index in [4.69, 9.17) is 4.74 Å². The van der Waals surface area contributed by atoms with Gasteiger partial charge >= 0.3 is 0 Å². The molecular weight excluding hydrogens is 220 g/mol. The fourth-order valence-corrected chi connectivity index (χ4v) is 2.80. The average Bonchev–Trinajstić information content (AvgIpc) is 2.64. The van der Waals surface area contributed by atoms with Crippen molar-refractivity contribution in [1.29, 1.82) is 0 Å². The van der Waals surface area contributed by atoms with Crippen molar-refractivity contribution in [3.8, 4) is 0 Å². The number of hydrogen-bond donors (Lipinski definition) is 1. The van der Waals surface area contributed by atoms with Crippen LogP contribution in [0.4, 0.5) is 0 Å². The van der Waals surface area contributed by atoms with Gasteiger partial charge < -0.3 is 10.1 Å². The molecule has 0 atom stereocenters. The largest absolute Gasteiger partial charge is 0.380 e.